The Hall–Kier alpha value is -0.445. The van der Waals surface area contributed by atoms with E-state index in [4.69, 9.17) is 9.31 Å². The third-order valence-electron chi connectivity index (χ3n) is 4.39. The lowest BCUT2D eigenvalue weighted by atomic mass is 9.78. The molecule has 0 atom stereocenters. The van der Waals surface area contributed by atoms with Crippen molar-refractivity contribution in [2.45, 2.75) is 64.4 Å². The van der Waals surface area contributed by atoms with E-state index in [0.717, 1.165) is 11.2 Å². The van der Waals surface area contributed by atoms with Crippen LogP contribution in [0, 0.1) is 0 Å². The van der Waals surface area contributed by atoms with Gasteiger partial charge in [0.15, 0.2) is 0 Å². The van der Waals surface area contributed by atoms with E-state index in [0.29, 0.717) is 0 Å². The highest BCUT2D eigenvalue weighted by Gasteiger charge is 2.51. The topological polar surface area (TPSA) is 18.5 Å². The Bertz CT molecular complexity index is 458. The van der Waals surface area contributed by atoms with Gasteiger partial charge < -0.3 is 9.31 Å². The summed E-state index contributed by atoms with van der Waals surface area (Å²) >= 11 is 2.00. The smallest absolute Gasteiger partial charge is 0.399 e. The summed E-state index contributed by atoms with van der Waals surface area (Å²) in [5, 5.41) is 0. The molecule has 2 nitrogen and oxygen atoms in total. The fourth-order valence-corrected chi connectivity index (χ4v) is 3.30. The molecule has 1 aromatic carbocycles. The fraction of sp³-hybridized carbons (Fsp3) is 0.647. The Morgan fingerprint density at radius 1 is 1.10 bits per heavy atom. The van der Waals surface area contributed by atoms with E-state index in [9.17, 15) is 0 Å². The average molecular weight is 306 g/mol. The van der Waals surface area contributed by atoms with Crippen LogP contribution in [0.5, 0.6) is 0 Å². The van der Waals surface area contributed by atoms with Crippen LogP contribution in [0.2, 0.25) is 0 Å². The van der Waals surface area contributed by atoms with Crippen molar-refractivity contribution in [3.05, 3.63) is 29.8 Å². The highest BCUT2D eigenvalue weighted by Crippen LogP contribution is 2.36. The molecular formula is C17H27BO2S. The first-order valence-electron chi connectivity index (χ1n) is 7.88. The molecule has 1 aliphatic heterocycles. The van der Waals surface area contributed by atoms with Gasteiger partial charge >= 0.3 is 7.12 Å². The van der Waals surface area contributed by atoms with Crippen molar-refractivity contribution in [3.8, 4) is 0 Å². The van der Waals surface area contributed by atoms with E-state index in [-0.39, 0.29) is 18.3 Å². The molecule has 0 bridgehead atoms. The van der Waals surface area contributed by atoms with Gasteiger partial charge in [0.25, 0.3) is 0 Å². The normalized spacial score (nSPS) is 20.0. The van der Waals surface area contributed by atoms with Gasteiger partial charge in [0, 0.05) is 5.75 Å². The van der Waals surface area contributed by atoms with E-state index in [2.05, 4.69) is 58.9 Å². The van der Waals surface area contributed by atoms with Crippen LogP contribution < -0.4 is 5.46 Å². The predicted octanol–water partition coefficient (Wildman–Crippen LogP) is 4.02. The lowest BCUT2D eigenvalue weighted by Crippen LogP contribution is -2.41. The summed E-state index contributed by atoms with van der Waals surface area (Å²) in [6, 6.07) is 8.62. The number of rotatable bonds is 6. The summed E-state index contributed by atoms with van der Waals surface area (Å²) in [6.45, 7) is 10.6. The van der Waals surface area contributed by atoms with Crippen LogP contribution in [0.15, 0.2) is 24.3 Å². The van der Waals surface area contributed by atoms with Crippen molar-refractivity contribution in [2.75, 3.05) is 5.75 Å². The molecule has 21 heavy (non-hydrogen) atoms. The molecule has 0 amide bonds. The third kappa shape index (κ3) is 4.05. The molecular weight excluding hydrogens is 279 g/mol. The Kier molecular flexibility index (Phi) is 5.45. The van der Waals surface area contributed by atoms with Gasteiger partial charge in [0.1, 0.15) is 0 Å². The summed E-state index contributed by atoms with van der Waals surface area (Å²) in [7, 11) is -0.254. The van der Waals surface area contributed by atoms with Gasteiger partial charge in [-0.3, -0.25) is 0 Å². The summed E-state index contributed by atoms with van der Waals surface area (Å²) in [5.74, 6) is 2.30. The third-order valence-corrected chi connectivity index (χ3v) is 5.50. The monoisotopic (exact) mass is 306 g/mol. The van der Waals surface area contributed by atoms with Crippen LogP contribution in [0.1, 0.15) is 53.0 Å². The zero-order valence-electron chi connectivity index (χ0n) is 13.9. The van der Waals surface area contributed by atoms with Gasteiger partial charge in [0.05, 0.1) is 11.2 Å². The van der Waals surface area contributed by atoms with E-state index < -0.39 is 0 Å². The number of hydrogen-bond acceptors (Lipinski definition) is 3. The Labute approximate surface area is 134 Å². The summed E-state index contributed by atoms with van der Waals surface area (Å²) < 4.78 is 12.2. The minimum Gasteiger partial charge on any atom is -0.399 e. The van der Waals surface area contributed by atoms with Gasteiger partial charge in [-0.25, -0.2) is 0 Å². The van der Waals surface area contributed by atoms with Gasteiger partial charge in [-0.15, -0.1) is 0 Å². The van der Waals surface area contributed by atoms with Crippen LogP contribution in [0.4, 0.5) is 0 Å². The number of thioether (sulfide) groups is 1. The second kappa shape index (κ2) is 6.76. The van der Waals surface area contributed by atoms with Crippen molar-refractivity contribution < 1.29 is 9.31 Å². The van der Waals surface area contributed by atoms with Crippen LogP contribution in [0.3, 0.4) is 0 Å². The maximum atomic E-state index is 6.12. The maximum absolute atomic E-state index is 6.12. The minimum atomic E-state index is -0.274. The first-order chi connectivity index (χ1) is 9.86. The van der Waals surface area contributed by atoms with Crippen molar-refractivity contribution in [1.82, 2.24) is 0 Å². The summed E-state index contributed by atoms with van der Waals surface area (Å²) in [6.07, 6.45) is 2.56. The molecule has 0 saturated carbocycles. The van der Waals surface area contributed by atoms with Gasteiger partial charge in [-0.2, -0.15) is 11.8 Å². The van der Waals surface area contributed by atoms with E-state index >= 15 is 0 Å². The second-order valence-electron chi connectivity index (χ2n) is 6.74. The highest BCUT2D eigenvalue weighted by molar-refractivity contribution is 7.98. The van der Waals surface area contributed by atoms with Gasteiger partial charge in [0.2, 0.25) is 0 Å². The zero-order chi connectivity index (χ0) is 15.5. The molecule has 0 unspecified atom stereocenters. The Balaban J connectivity index is 2.02. The summed E-state index contributed by atoms with van der Waals surface area (Å²) in [5.41, 5.74) is 1.93. The van der Waals surface area contributed by atoms with Crippen molar-refractivity contribution in [1.29, 1.82) is 0 Å². The largest absolute Gasteiger partial charge is 0.494 e. The maximum Gasteiger partial charge on any atom is 0.494 e. The molecule has 0 spiro atoms. The number of unbranched alkanes of at least 4 members (excludes halogenated alkanes) is 1. The van der Waals surface area contributed by atoms with Crippen molar-refractivity contribution >= 4 is 24.3 Å². The van der Waals surface area contributed by atoms with Crippen LogP contribution in [-0.2, 0) is 15.1 Å². The molecule has 116 valence electrons. The molecule has 1 saturated heterocycles. The standard InChI is InChI=1S/C17H27BO2S/c1-6-7-11-21-13-14-9-8-10-15(12-14)18-19-16(2,3)17(4,5)20-18/h8-10,12H,6-7,11,13H2,1-5H3. The van der Waals surface area contributed by atoms with Crippen molar-refractivity contribution in [2.24, 2.45) is 0 Å². The molecule has 2 rings (SSSR count). The van der Waals surface area contributed by atoms with E-state index in [1.165, 1.54) is 24.2 Å². The minimum absolute atomic E-state index is 0.254. The van der Waals surface area contributed by atoms with Crippen molar-refractivity contribution in [3.63, 3.8) is 0 Å². The van der Waals surface area contributed by atoms with Gasteiger partial charge in [-0.05, 0) is 50.9 Å². The van der Waals surface area contributed by atoms with Crippen LogP contribution in [-0.4, -0.2) is 24.1 Å². The molecule has 1 heterocycles. The van der Waals surface area contributed by atoms with Gasteiger partial charge in [-0.1, -0.05) is 37.6 Å². The number of benzene rings is 1. The molecule has 1 fully saturated rings. The predicted molar refractivity (Wildman–Crippen MR) is 93.2 cm³/mol. The summed E-state index contributed by atoms with van der Waals surface area (Å²) in [4.78, 5) is 0. The van der Waals surface area contributed by atoms with E-state index in [1.807, 2.05) is 11.8 Å². The molecule has 0 radical (unpaired) electrons. The van der Waals surface area contributed by atoms with Crippen LogP contribution in [0.25, 0.3) is 0 Å². The lowest BCUT2D eigenvalue weighted by molar-refractivity contribution is 0.00578. The molecule has 1 aromatic rings. The number of hydrogen-bond donors (Lipinski definition) is 0. The fourth-order valence-electron chi connectivity index (χ4n) is 2.25. The Morgan fingerprint density at radius 3 is 2.38 bits per heavy atom. The Morgan fingerprint density at radius 2 is 1.76 bits per heavy atom. The average Bonchev–Trinajstić information content (AvgIpc) is 2.64. The lowest BCUT2D eigenvalue weighted by Gasteiger charge is -2.32. The highest BCUT2D eigenvalue weighted by atomic mass is 32.2. The molecule has 0 aromatic heterocycles. The van der Waals surface area contributed by atoms with Crippen LogP contribution >= 0.6 is 11.8 Å². The molecule has 4 heteroatoms. The first kappa shape index (κ1) is 16.9. The quantitative estimate of drug-likeness (QED) is 0.584. The zero-order valence-corrected chi connectivity index (χ0v) is 14.8. The molecule has 1 aliphatic rings. The SMILES string of the molecule is CCCCSCc1cccc(B2OC(C)(C)C(C)(C)O2)c1. The second-order valence-corrected chi connectivity index (χ2v) is 7.84. The first-order valence-corrected chi connectivity index (χ1v) is 9.03. The molecule has 0 aliphatic carbocycles. The molecule has 0 N–H and O–H groups in total. The van der Waals surface area contributed by atoms with E-state index in [1.54, 1.807) is 0 Å².